The molecule has 0 aliphatic heterocycles. The minimum absolute atomic E-state index is 0.123. The molecule has 0 radical (unpaired) electrons. The minimum atomic E-state index is -0.404. The van der Waals surface area contributed by atoms with Crippen LogP contribution in [0.25, 0.3) is 0 Å². The lowest BCUT2D eigenvalue weighted by Gasteiger charge is -2.27. The quantitative estimate of drug-likeness (QED) is 0.403. The number of nitrogens with zero attached hydrogens (tertiary/aromatic N) is 1. The fraction of sp³-hybridized carbons (Fsp3) is 0.444. The van der Waals surface area contributed by atoms with Gasteiger partial charge in [-0.05, 0) is 60.2 Å². The van der Waals surface area contributed by atoms with Crippen LogP contribution >= 0.6 is 11.8 Å². The average Bonchev–Trinajstić information content (AvgIpc) is 2.71. The van der Waals surface area contributed by atoms with Crippen molar-refractivity contribution in [2.45, 2.75) is 69.4 Å². The molecule has 0 fully saturated rings. The molecule has 162 valence electrons. The zero-order valence-corrected chi connectivity index (χ0v) is 21.1. The van der Waals surface area contributed by atoms with E-state index in [1.807, 2.05) is 0 Å². The molecular formula is C27H35BN2S. The Kier molecular flexibility index (Phi) is 7.42. The topological polar surface area (TPSA) is 49.8 Å². The Balaban J connectivity index is 2.33. The molecule has 31 heavy (non-hydrogen) atoms. The summed E-state index contributed by atoms with van der Waals surface area (Å²) in [5.41, 5.74) is 10.4. The third-order valence-electron chi connectivity index (χ3n) is 6.05. The van der Waals surface area contributed by atoms with E-state index in [0.717, 1.165) is 16.7 Å². The molecule has 2 rings (SSSR count). The molecule has 0 aliphatic rings. The van der Waals surface area contributed by atoms with Crippen molar-refractivity contribution >= 4 is 19.6 Å². The van der Waals surface area contributed by atoms with Crippen LogP contribution in [0.15, 0.2) is 48.5 Å². The monoisotopic (exact) mass is 430 g/mol. The molecule has 0 aliphatic carbocycles. The van der Waals surface area contributed by atoms with E-state index < -0.39 is 5.41 Å². The Hall–Kier alpha value is -2.14. The molecule has 2 atom stereocenters. The van der Waals surface area contributed by atoms with Crippen LogP contribution in [-0.2, 0) is 20.9 Å². The van der Waals surface area contributed by atoms with Gasteiger partial charge in [0.2, 0.25) is 0 Å². The molecule has 2 nitrogen and oxygen atoms in total. The summed E-state index contributed by atoms with van der Waals surface area (Å²) in [4.78, 5) is 0. The largest absolute Gasteiger partial charge is 0.329 e. The number of hydrogen-bond acceptors (Lipinski definition) is 3. The molecule has 2 unspecified atom stereocenters. The van der Waals surface area contributed by atoms with Crippen molar-refractivity contribution in [3.8, 4) is 17.2 Å². The van der Waals surface area contributed by atoms with Gasteiger partial charge >= 0.3 is 0 Å². The number of thioether (sulfide) groups is 1. The van der Waals surface area contributed by atoms with Crippen molar-refractivity contribution in [3.05, 3.63) is 70.8 Å². The molecule has 4 heteroatoms. The first-order chi connectivity index (χ1) is 14.2. The van der Waals surface area contributed by atoms with Gasteiger partial charge in [-0.3, -0.25) is 0 Å². The molecular weight excluding hydrogens is 395 g/mol. The van der Waals surface area contributed by atoms with Crippen molar-refractivity contribution in [3.63, 3.8) is 0 Å². The minimum Gasteiger partial charge on any atom is -0.329 e. The Morgan fingerprint density at radius 1 is 0.774 bits per heavy atom. The van der Waals surface area contributed by atoms with E-state index in [2.05, 4.69) is 122 Å². The predicted molar refractivity (Wildman–Crippen MR) is 138 cm³/mol. The highest BCUT2D eigenvalue weighted by molar-refractivity contribution is 8.05. The first-order valence-corrected chi connectivity index (χ1v) is 11.6. The van der Waals surface area contributed by atoms with Gasteiger partial charge in [-0.25, -0.2) is 0 Å². The average molecular weight is 430 g/mol. The van der Waals surface area contributed by atoms with Gasteiger partial charge in [-0.2, -0.15) is 5.26 Å². The van der Waals surface area contributed by atoms with E-state index >= 15 is 0 Å². The summed E-state index contributed by atoms with van der Waals surface area (Å²) in [5.74, 6) is 7.01. The van der Waals surface area contributed by atoms with Gasteiger partial charge in [-0.1, -0.05) is 88.1 Å². The van der Waals surface area contributed by atoms with Gasteiger partial charge in [0.25, 0.3) is 0 Å². The number of benzene rings is 2. The van der Waals surface area contributed by atoms with Crippen LogP contribution in [0.3, 0.4) is 0 Å². The van der Waals surface area contributed by atoms with Crippen LogP contribution in [0.4, 0.5) is 0 Å². The first kappa shape index (κ1) is 25.1. The second kappa shape index (κ2) is 9.16. The highest BCUT2D eigenvalue weighted by atomic mass is 32.2. The van der Waals surface area contributed by atoms with Gasteiger partial charge < -0.3 is 5.73 Å². The van der Waals surface area contributed by atoms with Crippen molar-refractivity contribution in [2.24, 2.45) is 5.73 Å². The molecule has 2 N–H and O–H groups in total. The van der Waals surface area contributed by atoms with Crippen molar-refractivity contribution in [1.82, 2.24) is 0 Å². The molecule has 0 saturated heterocycles. The Morgan fingerprint density at radius 2 is 1.23 bits per heavy atom. The van der Waals surface area contributed by atoms with Crippen LogP contribution in [-0.4, -0.2) is 14.4 Å². The van der Waals surface area contributed by atoms with E-state index in [-0.39, 0.29) is 15.5 Å². The van der Waals surface area contributed by atoms with E-state index in [9.17, 15) is 0 Å². The standard InChI is InChI=1S/C27H35BN2S/c1-24(2,3)20-8-12-22(13-9-20)26(6,18-29)17-16-25(4,5)21-10-14-23(15-11-21)27(7,28)31-19-30/h8-15H,18,28-29H2,1-7H3. The summed E-state index contributed by atoms with van der Waals surface area (Å²) < 4.78 is -0.236. The van der Waals surface area contributed by atoms with Gasteiger partial charge in [-0.15, -0.1) is 0 Å². The zero-order chi connectivity index (χ0) is 23.5. The number of rotatable bonds is 5. The third kappa shape index (κ3) is 5.97. The maximum atomic E-state index is 9.05. The maximum Gasteiger partial charge on any atom is 0.133 e. The molecule has 0 amide bonds. The maximum absolute atomic E-state index is 9.05. The van der Waals surface area contributed by atoms with Gasteiger partial charge in [0.15, 0.2) is 0 Å². The second-order valence-electron chi connectivity index (χ2n) is 10.5. The smallest absolute Gasteiger partial charge is 0.133 e. The molecule has 0 bridgehead atoms. The first-order valence-electron chi connectivity index (χ1n) is 10.8. The zero-order valence-electron chi connectivity index (χ0n) is 20.3. The number of hydrogen-bond donors (Lipinski definition) is 1. The number of nitrogens with two attached hydrogens (primary N) is 1. The Bertz CT molecular complexity index is 997. The lowest BCUT2D eigenvalue weighted by atomic mass is 9.77. The van der Waals surface area contributed by atoms with Crippen molar-refractivity contribution in [2.75, 3.05) is 6.54 Å². The van der Waals surface area contributed by atoms with Crippen LogP contribution < -0.4 is 5.73 Å². The fourth-order valence-electron chi connectivity index (χ4n) is 3.41. The van der Waals surface area contributed by atoms with E-state index in [4.69, 9.17) is 11.0 Å². The summed E-state index contributed by atoms with van der Waals surface area (Å²) in [5, 5.41) is 11.3. The molecule has 2 aromatic carbocycles. The highest BCUT2D eigenvalue weighted by Gasteiger charge is 2.26. The summed E-state index contributed by atoms with van der Waals surface area (Å²) in [6, 6.07) is 17.2. The van der Waals surface area contributed by atoms with Gasteiger partial charge in [0, 0.05) is 11.2 Å². The molecule has 0 heterocycles. The van der Waals surface area contributed by atoms with Gasteiger partial charge in [0.05, 0.1) is 10.8 Å². The lowest BCUT2D eigenvalue weighted by molar-refractivity contribution is 0.586. The third-order valence-corrected chi connectivity index (χ3v) is 6.89. The number of thiocyanates is 1. The summed E-state index contributed by atoms with van der Waals surface area (Å²) in [6.07, 6.45) is 0. The van der Waals surface area contributed by atoms with E-state index in [1.54, 1.807) is 0 Å². The van der Waals surface area contributed by atoms with Crippen molar-refractivity contribution < 1.29 is 0 Å². The predicted octanol–water partition coefficient (Wildman–Crippen LogP) is 5.20. The molecule has 0 saturated carbocycles. The summed E-state index contributed by atoms with van der Waals surface area (Å²) in [7, 11) is 2.07. The van der Waals surface area contributed by atoms with Gasteiger partial charge in [0.1, 0.15) is 13.2 Å². The molecule has 0 spiro atoms. The highest BCUT2D eigenvalue weighted by Crippen LogP contribution is 2.34. The normalized spacial score (nSPS) is 15.7. The summed E-state index contributed by atoms with van der Waals surface area (Å²) in [6.45, 7) is 15.6. The lowest BCUT2D eigenvalue weighted by Crippen LogP contribution is -2.31. The van der Waals surface area contributed by atoms with Crippen LogP contribution in [0.5, 0.6) is 0 Å². The van der Waals surface area contributed by atoms with Crippen LogP contribution in [0.2, 0.25) is 0 Å². The Labute approximate surface area is 194 Å². The Morgan fingerprint density at radius 3 is 1.68 bits per heavy atom. The second-order valence-corrected chi connectivity index (χ2v) is 11.9. The molecule has 0 aromatic heterocycles. The van der Waals surface area contributed by atoms with E-state index in [0.29, 0.717) is 6.54 Å². The SMILES string of the molecule is BC(C)(SC#N)c1ccc(C(C)(C)C#CC(C)(CN)c2ccc(C(C)(C)C)cc2)cc1. The fourth-order valence-corrected chi connectivity index (χ4v) is 3.89. The molecule has 2 aromatic rings. The van der Waals surface area contributed by atoms with E-state index in [1.165, 1.54) is 17.3 Å². The summed E-state index contributed by atoms with van der Waals surface area (Å²) >= 11 is 1.28. The van der Waals surface area contributed by atoms with Crippen LogP contribution in [0.1, 0.15) is 70.7 Å². The number of nitriles is 1. The van der Waals surface area contributed by atoms with Crippen LogP contribution in [0, 0.1) is 22.5 Å². The van der Waals surface area contributed by atoms with Crippen molar-refractivity contribution in [1.29, 1.82) is 5.26 Å².